The number of alkyl halides is 1. The van der Waals surface area contributed by atoms with Gasteiger partial charge < -0.3 is 0 Å². The third-order valence-electron chi connectivity index (χ3n) is 3.15. The largest absolute Gasteiger partial charge is 0.0947 e. The van der Waals surface area contributed by atoms with Crippen LogP contribution in [0.15, 0.2) is 30.8 Å². The predicted molar refractivity (Wildman–Crippen MR) is 82.1 cm³/mol. The van der Waals surface area contributed by atoms with Crippen molar-refractivity contribution in [2.45, 2.75) is 33.6 Å². The number of hydrogen-bond acceptors (Lipinski definition) is 0. The molecule has 0 bridgehead atoms. The van der Waals surface area contributed by atoms with E-state index in [0.717, 1.165) is 0 Å². The molecular weight excluding hydrogens is 307 g/mol. The van der Waals surface area contributed by atoms with Gasteiger partial charge in [-0.3, -0.25) is 0 Å². The van der Waals surface area contributed by atoms with Crippen molar-refractivity contribution in [2.75, 3.05) is 4.43 Å². The Morgan fingerprint density at radius 3 is 2.31 bits per heavy atom. The maximum absolute atomic E-state index is 4.28. The summed E-state index contributed by atoms with van der Waals surface area (Å²) in [4.78, 5) is 0. The normalized spacial score (nSPS) is 11.5. The number of allylic oxidation sites excluding steroid dienone is 1. The topological polar surface area (TPSA) is 0 Å². The second-order valence-electron chi connectivity index (χ2n) is 5.02. The molecule has 0 fully saturated rings. The van der Waals surface area contributed by atoms with E-state index in [2.05, 4.69) is 74.2 Å². The van der Waals surface area contributed by atoms with Crippen molar-refractivity contribution in [3.8, 4) is 0 Å². The van der Waals surface area contributed by atoms with Gasteiger partial charge in [-0.05, 0) is 40.7 Å². The first-order chi connectivity index (χ1) is 7.47. The molecule has 0 aromatic heterocycles. The molecule has 1 heteroatoms. The summed E-state index contributed by atoms with van der Waals surface area (Å²) in [5.74, 6) is 0. The summed E-state index contributed by atoms with van der Waals surface area (Å²) < 4.78 is 1.22. The van der Waals surface area contributed by atoms with Crippen LogP contribution >= 0.6 is 22.6 Å². The lowest BCUT2D eigenvalue weighted by Crippen LogP contribution is -2.13. The van der Waals surface area contributed by atoms with Crippen molar-refractivity contribution < 1.29 is 0 Å². The minimum absolute atomic E-state index is 0.209. The highest BCUT2D eigenvalue weighted by Gasteiger charge is 2.21. The van der Waals surface area contributed by atoms with Gasteiger partial charge >= 0.3 is 0 Å². The zero-order valence-corrected chi connectivity index (χ0v) is 12.7. The van der Waals surface area contributed by atoms with Gasteiger partial charge in [0, 0.05) is 0 Å². The highest BCUT2D eigenvalue weighted by molar-refractivity contribution is 14.1. The Kier molecular flexibility index (Phi) is 5.03. The van der Waals surface area contributed by atoms with E-state index < -0.39 is 0 Å². The summed E-state index contributed by atoms with van der Waals surface area (Å²) in [5.41, 5.74) is 4.06. The predicted octanol–water partition coefficient (Wildman–Crippen LogP) is 5.25. The van der Waals surface area contributed by atoms with Crippen LogP contribution < -0.4 is 0 Å². The Hall–Kier alpha value is -0.310. The van der Waals surface area contributed by atoms with Crippen LogP contribution in [-0.4, -0.2) is 4.43 Å². The standard InChI is InChI=1S/C15H21I/c1-12-6-8-14(9-7-12)13(2)15(3,4)10-5-11-16/h6-9H,2,5,10-11H2,1,3-4H3. The Morgan fingerprint density at radius 2 is 1.81 bits per heavy atom. The van der Waals surface area contributed by atoms with Gasteiger partial charge in [0.15, 0.2) is 0 Å². The number of halogens is 1. The van der Waals surface area contributed by atoms with Gasteiger partial charge in [0.25, 0.3) is 0 Å². The van der Waals surface area contributed by atoms with Crippen LogP contribution in [0.4, 0.5) is 0 Å². The third-order valence-corrected chi connectivity index (χ3v) is 3.92. The molecule has 0 saturated heterocycles. The van der Waals surface area contributed by atoms with Gasteiger partial charge in [0.1, 0.15) is 0 Å². The smallest absolute Gasteiger partial charge is 0.000441 e. The maximum Gasteiger partial charge on any atom is -0.000441 e. The SMILES string of the molecule is C=C(c1ccc(C)cc1)C(C)(C)CCCI. The van der Waals surface area contributed by atoms with Gasteiger partial charge in [0.2, 0.25) is 0 Å². The molecule has 88 valence electrons. The summed E-state index contributed by atoms with van der Waals surface area (Å²) in [7, 11) is 0. The zero-order chi connectivity index (χ0) is 12.2. The Labute approximate surface area is 113 Å². The molecule has 1 aromatic carbocycles. The third kappa shape index (κ3) is 3.62. The van der Waals surface area contributed by atoms with E-state index in [4.69, 9.17) is 0 Å². The molecule has 0 atom stereocenters. The molecule has 0 heterocycles. The first kappa shape index (κ1) is 13.8. The summed E-state index contributed by atoms with van der Waals surface area (Å²) in [6.45, 7) is 11.0. The quantitative estimate of drug-likeness (QED) is 0.511. The van der Waals surface area contributed by atoms with Crippen LogP contribution in [0.3, 0.4) is 0 Å². The number of aryl methyl sites for hydroxylation is 1. The molecule has 1 aromatic rings. The number of benzene rings is 1. The number of hydrogen-bond donors (Lipinski definition) is 0. The second kappa shape index (κ2) is 5.85. The van der Waals surface area contributed by atoms with Crippen molar-refractivity contribution in [3.63, 3.8) is 0 Å². The van der Waals surface area contributed by atoms with Crippen LogP contribution in [0.25, 0.3) is 5.57 Å². The van der Waals surface area contributed by atoms with Crippen molar-refractivity contribution in [1.82, 2.24) is 0 Å². The Bertz CT molecular complexity index is 346. The van der Waals surface area contributed by atoms with Gasteiger partial charge in [0.05, 0.1) is 0 Å². The lowest BCUT2D eigenvalue weighted by atomic mass is 9.78. The average molecular weight is 328 g/mol. The minimum Gasteiger partial charge on any atom is -0.0947 e. The fourth-order valence-corrected chi connectivity index (χ4v) is 2.19. The van der Waals surface area contributed by atoms with Gasteiger partial charge in [-0.2, -0.15) is 0 Å². The second-order valence-corrected chi connectivity index (χ2v) is 6.10. The molecular formula is C15H21I. The zero-order valence-electron chi connectivity index (χ0n) is 10.5. The highest BCUT2D eigenvalue weighted by atomic mass is 127. The molecule has 0 nitrogen and oxygen atoms in total. The molecule has 0 radical (unpaired) electrons. The molecule has 0 aliphatic carbocycles. The molecule has 16 heavy (non-hydrogen) atoms. The Balaban J connectivity index is 2.80. The van der Waals surface area contributed by atoms with Gasteiger partial charge in [-0.1, -0.05) is 72.8 Å². The van der Waals surface area contributed by atoms with Crippen LogP contribution in [0.1, 0.15) is 37.8 Å². The van der Waals surface area contributed by atoms with E-state index in [9.17, 15) is 0 Å². The molecule has 0 aliphatic heterocycles. The van der Waals surface area contributed by atoms with E-state index in [1.165, 1.54) is 34.0 Å². The lowest BCUT2D eigenvalue weighted by Gasteiger charge is -2.27. The summed E-state index contributed by atoms with van der Waals surface area (Å²) in [6, 6.07) is 8.69. The van der Waals surface area contributed by atoms with Crippen LogP contribution in [0.2, 0.25) is 0 Å². The fraction of sp³-hybridized carbons (Fsp3) is 0.467. The highest BCUT2D eigenvalue weighted by Crippen LogP contribution is 2.37. The van der Waals surface area contributed by atoms with Gasteiger partial charge in [-0.25, -0.2) is 0 Å². The summed E-state index contributed by atoms with van der Waals surface area (Å²) in [5, 5.41) is 0. The van der Waals surface area contributed by atoms with Gasteiger partial charge in [-0.15, -0.1) is 0 Å². The monoisotopic (exact) mass is 328 g/mol. The van der Waals surface area contributed by atoms with Crippen molar-refractivity contribution in [2.24, 2.45) is 5.41 Å². The molecule has 0 unspecified atom stereocenters. The lowest BCUT2D eigenvalue weighted by molar-refractivity contribution is 0.454. The van der Waals surface area contributed by atoms with Crippen molar-refractivity contribution >= 4 is 28.2 Å². The molecule has 1 rings (SSSR count). The van der Waals surface area contributed by atoms with E-state index in [-0.39, 0.29) is 5.41 Å². The van der Waals surface area contributed by atoms with Crippen molar-refractivity contribution in [1.29, 1.82) is 0 Å². The van der Waals surface area contributed by atoms with E-state index in [1.807, 2.05) is 0 Å². The molecule has 0 amide bonds. The average Bonchev–Trinajstić information content (AvgIpc) is 2.26. The fourth-order valence-electron chi connectivity index (χ4n) is 1.81. The molecule has 0 spiro atoms. The van der Waals surface area contributed by atoms with E-state index in [0.29, 0.717) is 0 Å². The van der Waals surface area contributed by atoms with E-state index >= 15 is 0 Å². The Morgan fingerprint density at radius 1 is 1.25 bits per heavy atom. The molecule has 0 N–H and O–H groups in total. The minimum atomic E-state index is 0.209. The van der Waals surface area contributed by atoms with Crippen LogP contribution in [0, 0.1) is 12.3 Å². The maximum atomic E-state index is 4.28. The van der Waals surface area contributed by atoms with Crippen molar-refractivity contribution in [3.05, 3.63) is 42.0 Å². The van der Waals surface area contributed by atoms with E-state index in [1.54, 1.807) is 0 Å². The summed E-state index contributed by atoms with van der Waals surface area (Å²) in [6.07, 6.45) is 2.47. The first-order valence-corrected chi connectivity index (χ1v) is 7.32. The van der Waals surface area contributed by atoms with Crippen LogP contribution in [-0.2, 0) is 0 Å². The first-order valence-electron chi connectivity index (χ1n) is 5.80. The van der Waals surface area contributed by atoms with Crippen LogP contribution in [0.5, 0.6) is 0 Å². The molecule has 0 saturated carbocycles. The number of rotatable bonds is 5. The summed E-state index contributed by atoms with van der Waals surface area (Å²) >= 11 is 2.44. The molecule has 0 aliphatic rings.